The molecule has 3 heterocycles. The van der Waals surface area contributed by atoms with Crippen molar-refractivity contribution in [3.05, 3.63) is 0 Å². The lowest BCUT2D eigenvalue weighted by Crippen LogP contribution is -3.16. The molecule has 0 radical (unpaired) electrons. The van der Waals surface area contributed by atoms with Gasteiger partial charge in [0.15, 0.2) is 6.10 Å². The first-order valence-corrected chi connectivity index (χ1v) is 9.50. The molecule has 0 aromatic carbocycles. The van der Waals surface area contributed by atoms with Crippen molar-refractivity contribution in [3.8, 4) is 0 Å². The lowest BCUT2D eigenvalue weighted by atomic mass is 9.53. The number of ether oxygens (including phenoxy) is 1. The zero-order valence-corrected chi connectivity index (χ0v) is 13.5. The van der Waals surface area contributed by atoms with Gasteiger partial charge in [-0.15, -0.1) is 0 Å². The Labute approximate surface area is 132 Å². The minimum atomic E-state index is -0.111. The van der Waals surface area contributed by atoms with Crippen LogP contribution in [0.25, 0.3) is 0 Å². The Hall–Kier alpha value is -0.770. The summed E-state index contributed by atoms with van der Waals surface area (Å²) in [5.41, 5.74) is 0.0899. The van der Waals surface area contributed by atoms with E-state index in [9.17, 15) is 4.79 Å². The number of rotatable bonds is 2. The van der Waals surface area contributed by atoms with Gasteiger partial charge in [-0.25, -0.2) is 4.79 Å². The molecular weight excluding hydrogens is 276 g/mol. The van der Waals surface area contributed by atoms with Gasteiger partial charge in [0, 0.05) is 24.3 Å². The number of carbonyl (C=O) groups is 1. The minimum Gasteiger partial charge on any atom is -0.440 e. The molecule has 6 bridgehead atoms. The highest BCUT2D eigenvalue weighted by molar-refractivity contribution is 5.68. The first-order valence-electron chi connectivity index (χ1n) is 9.50. The highest BCUT2D eigenvalue weighted by atomic mass is 16.6. The van der Waals surface area contributed by atoms with Gasteiger partial charge in [-0.05, 0) is 56.3 Å². The van der Waals surface area contributed by atoms with Crippen LogP contribution in [0.3, 0.4) is 0 Å². The first-order chi connectivity index (χ1) is 10.7. The summed E-state index contributed by atoms with van der Waals surface area (Å²) < 4.78 is 5.89. The molecular formula is C18H29N2O2+. The van der Waals surface area contributed by atoms with Crippen LogP contribution in [-0.4, -0.2) is 37.4 Å². The third-order valence-electron chi connectivity index (χ3n) is 7.42. The van der Waals surface area contributed by atoms with Crippen LogP contribution in [-0.2, 0) is 4.74 Å². The van der Waals surface area contributed by atoms with Crippen LogP contribution in [0.1, 0.15) is 51.4 Å². The van der Waals surface area contributed by atoms with Crippen LogP contribution in [0.4, 0.5) is 4.79 Å². The van der Waals surface area contributed by atoms with E-state index in [-0.39, 0.29) is 17.7 Å². The third kappa shape index (κ3) is 2.26. The maximum absolute atomic E-state index is 12.5. The molecule has 122 valence electrons. The molecule has 7 rings (SSSR count). The largest absolute Gasteiger partial charge is 0.440 e. The molecule has 22 heavy (non-hydrogen) atoms. The molecule has 0 aromatic rings. The molecule has 3 saturated heterocycles. The van der Waals surface area contributed by atoms with E-state index in [1.54, 1.807) is 4.90 Å². The Morgan fingerprint density at radius 1 is 1.00 bits per heavy atom. The highest BCUT2D eigenvalue weighted by Crippen LogP contribution is 2.55. The predicted octanol–water partition coefficient (Wildman–Crippen LogP) is 1.36. The van der Waals surface area contributed by atoms with Crippen molar-refractivity contribution in [1.29, 1.82) is 0 Å². The third-order valence-corrected chi connectivity index (χ3v) is 7.42. The van der Waals surface area contributed by atoms with Crippen molar-refractivity contribution in [2.45, 2.75) is 63.0 Å². The van der Waals surface area contributed by atoms with Crippen LogP contribution in [0.15, 0.2) is 0 Å². The zero-order valence-electron chi connectivity index (χ0n) is 13.5. The van der Waals surface area contributed by atoms with E-state index in [1.807, 2.05) is 0 Å². The van der Waals surface area contributed by atoms with Gasteiger partial charge >= 0.3 is 6.09 Å². The average Bonchev–Trinajstić information content (AvgIpc) is 2.46. The van der Waals surface area contributed by atoms with Crippen LogP contribution in [0.5, 0.6) is 0 Å². The minimum absolute atomic E-state index is 0.0899. The van der Waals surface area contributed by atoms with Crippen molar-refractivity contribution in [2.75, 3.05) is 19.6 Å². The number of alkyl carbamates (subject to hydrolysis) is 1. The second-order valence-corrected chi connectivity index (χ2v) is 9.06. The van der Waals surface area contributed by atoms with E-state index in [4.69, 9.17) is 4.74 Å². The number of hydrogen-bond donors (Lipinski definition) is 2. The number of fused-ring (bicyclic) bond motifs is 3. The Kier molecular flexibility index (Phi) is 3.02. The van der Waals surface area contributed by atoms with Crippen molar-refractivity contribution < 1.29 is 14.4 Å². The summed E-state index contributed by atoms with van der Waals surface area (Å²) in [6, 6.07) is 0. The number of carbonyl (C=O) groups excluding carboxylic acids is 1. The highest BCUT2D eigenvalue weighted by Gasteiger charge is 2.52. The molecule has 1 amide bonds. The predicted molar refractivity (Wildman–Crippen MR) is 82.6 cm³/mol. The monoisotopic (exact) mass is 305 g/mol. The van der Waals surface area contributed by atoms with E-state index in [0.29, 0.717) is 5.92 Å². The Bertz CT molecular complexity index is 434. The normalized spacial score (nSPS) is 51.8. The van der Waals surface area contributed by atoms with Crippen LogP contribution >= 0.6 is 0 Å². The topological polar surface area (TPSA) is 42.8 Å². The van der Waals surface area contributed by atoms with Crippen LogP contribution in [0, 0.1) is 23.7 Å². The van der Waals surface area contributed by atoms with Crippen LogP contribution in [0.2, 0.25) is 0 Å². The molecule has 2 N–H and O–H groups in total. The van der Waals surface area contributed by atoms with Crippen molar-refractivity contribution in [1.82, 2.24) is 5.32 Å². The summed E-state index contributed by atoms with van der Waals surface area (Å²) in [5.74, 6) is 3.23. The molecule has 3 aliphatic heterocycles. The van der Waals surface area contributed by atoms with Gasteiger partial charge in [0.05, 0.1) is 13.1 Å². The molecule has 4 nitrogen and oxygen atoms in total. The van der Waals surface area contributed by atoms with Crippen molar-refractivity contribution in [3.63, 3.8) is 0 Å². The molecule has 7 aliphatic rings. The first kappa shape index (κ1) is 13.6. The lowest BCUT2D eigenvalue weighted by molar-refractivity contribution is -0.920. The fraction of sp³-hybridized carbons (Fsp3) is 0.944. The maximum atomic E-state index is 12.5. The fourth-order valence-corrected chi connectivity index (χ4v) is 6.86. The molecule has 7 fully saturated rings. The second kappa shape index (κ2) is 4.86. The average molecular weight is 305 g/mol. The fourth-order valence-electron chi connectivity index (χ4n) is 6.86. The Morgan fingerprint density at radius 3 is 2.09 bits per heavy atom. The molecule has 1 unspecified atom stereocenters. The number of amides is 1. The van der Waals surface area contributed by atoms with Gasteiger partial charge in [-0.1, -0.05) is 0 Å². The van der Waals surface area contributed by atoms with Gasteiger partial charge in [-0.2, -0.15) is 0 Å². The summed E-state index contributed by atoms with van der Waals surface area (Å²) >= 11 is 0. The smallest absolute Gasteiger partial charge is 0.408 e. The van der Waals surface area contributed by atoms with Crippen molar-refractivity contribution >= 4 is 6.09 Å². The number of quaternary nitrogens is 1. The van der Waals surface area contributed by atoms with E-state index >= 15 is 0 Å². The molecule has 4 saturated carbocycles. The summed E-state index contributed by atoms with van der Waals surface area (Å²) in [6.07, 6.45) is 10.4. The molecule has 0 aromatic heterocycles. The van der Waals surface area contributed by atoms with E-state index in [1.165, 1.54) is 64.5 Å². The molecule has 4 heteroatoms. The standard InChI is InChI=1S/C18H28N2O2/c21-17(22-16-11-20-3-1-15(16)2-4-20)19-18-8-12-5-13(9-18)7-14(6-12)10-18/h12-16H,1-11H2,(H,19,21)/p+1. The lowest BCUT2D eigenvalue weighted by Gasteiger charge is -2.56. The number of hydrogen-bond acceptors (Lipinski definition) is 2. The van der Waals surface area contributed by atoms with Gasteiger partial charge in [0.25, 0.3) is 0 Å². The second-order valence-electron chi connectivity index (χ2n) is 9.06. The maximum Gasteiger partial charge on any atom is 0.408 e. The van der Waals surface area contributed by atoms with Gasteiger partial charge in [0.1, 0.15) is 6.54 Å². The van der Waals surface area contributed by atoms with E-state index in [2.05, 4.69) is 5.32 Å². The quantitative estimate of drug-likeness (QED) is 0.809. The van der Waals surface area contributed by atoms with Crippen molar-refractivity contribution in [2.24, 2.45) is 23.7 Å². The molecule has 0 spiro atoms. The van der Waals surface area contributed by atoms with E-state index in [0.717, 1.165) is 24.3 Å². The molecule has 1 atom stereocenters. The Morgan fingerprint density at radius 2 is 1.59 bits per heavy atom. The SMILES string of the molecule is O=C(NC12CC3CC(CC(C3)C1)C2)OC1C[NH+]2CCC1CC2. The van der Waals surface area contributed by atoms with Crippen LogP contribution < -0.4 is 10.2 Å². The molecule has 4 aliphatic carbocycles. The summed E-state index contributed by atoms with van der Waals surface area (Å²) in [5, 5.41) is 3.36. The van der Waals surface area contributed by atoms with Gasteiger partial charge in [0.2, 0.25) is 0 Å². The number of nitrogens with one attached hydrogen (secondary N) is 2. The van der Waals surface area contributed by atoms with E-state index < -0.39 is 0 Å². The summed E-state index contributed by atoms with van der Waals surface area (Å²) in [7, 11) is 0. The summed E-state index contributed by atoms with van der Waals surface area (Å²) in [6.45, 7) is 3.60. The summed E-state index contributed by atoms with van der Waals surface area (Å²) in [4.78, 5) is 14.2. The Balaban J connectivity index is 1.23. The van der Waals surface area contributed by atoms with Gasteiger partial charge < -0.3 is 15.0 Å². The number of piperidine rings is 3. The van der Waals surface area contributed by atoms with Gasteiger partial charge in [-0.3, -0.25) is 0 Å². The zero-order chi connectivity index (χ0) is 14.7.